The summed E-state index contributed by atoms with van der Waals surface area (Å²) in [6.07, 6.45) is -1.91. The molecule has 2 rings (SSSR count). The van der Waals surface area contributed by atoms with Crippen molar-refractivity contribution in [3.8, 4) is 5.75 Å². The SMILES string of the molecule is COCCN(CC(F)F)C(=O)CCCOc1cccc2ccccc12. The van der Waals surface area contributed by atoms with Crippen LogP contribution in [0.4, 0.5) is 8.78 Å². The zero-order valence-electron chi connectivity index (χ0n) is 14.3. The third-order valence-corrected chi connectivity index (χ3v) is 3.82. The number of carbonyl (C=O) groups is 1. The van der Waals surface area contributed by atoms with Crippen molar-refractivity contribution >= 4 is 16.7 Å². The van der Waals surface area contributed by atoms with Crippen LogP contribution < -0.4 is 4.74 Å². The summed E-state index contributed by atoms with van der Waals surface area (Å²) in [5, 5.41) is 2.09. The molecule has 6 heteroatoms. The van der Waals surface area contributed by atoms with Crippen molar-refractivity contribution in [2.24, 2.45) is 0 Å². The van der Waals surface area contributed by atoms with Crippen LogP contribution in [0.2, 0.25) is 0 Å². The summed E-state index contributed by atoms with van der Waals surface area (Å²) in [6, 6.07) is 13.7. The van der Waals surface area contributed by atoms with Gasteiger partial charge in [0.15, 0.2) is 0 Å². The minimum atomic E-state index is -2.55. The molecule has 0 aliphatic carbocycles. The van der Waals surface area contributed by atoms with Crippen molar-refractivity contribution in [2.45, 2.75) is 19.3 Å². The second-order valence-electron chi connectivity index (χ2n) is 5.65. The highest BCUT2D eigenvalue weighted by Gasteiger charge is 2.17. The van der Waals surface area contributed by atoms with Gasteiger partial charge in [-0.1, -0.05) is 36.4 Å². The van der Waals surface area contributed by atoms with Gasteiger partial charge < -0.3 is 14.4 Å². The maximum Gasteiger partial charge on any atom is 0.255 e. The summed E-state index contributed by atoms with van der Waals surface area (Å²) in [7, 11) is 1.48. The maximum absolute atomic E-state index is 12.6. The topological polar surface area (TPSA) is 38.8 Å². The summed E-state index contributed by atoms with van der Waals surface area (Å²) < 4.78 is 35.8. The average molecular weight is 351 g/mol. The highest BCUT2D eigenvalue weighted by molar-refractivity contribution is 5.88. The molecule has 0 bridgehead atoms. The van der Waals surface area contributed by atoms with E-state index in [0.717, 1.165) is 21.4 Å². The Hall–Kier alpha value is -2.21. The Labute approximate surface area is 146 Å². The Kier molecular flexibility index (Phi) is 7.60. The molecule has 0 aromatic heterocycles. The number of benzene rings is 2. The van der Waals surface area contributed by atoms with Crippen LogP contribution in [-0.4, -0.2) is 50.6 Å². The minimum Gasteiger partial charge on any atom is -0.493 e. The van der Waals surface area contributed by atoms with Gasteiger partial charge in [-0.25, -0.2) is 8.78 Å². The van der Waals surface area contributed by atoms with Gasteiger partial charge in [-0.15, -0.1) is 0 Å². The number of nitrogens with zero attached hydrogens (tertiary/aromatic N) is 1. The van der Waals surface area contributed by atoms with Crippen LogP contribution in [0.1, 0.15) is 12.8 Å². The first-order valence-electron chi connectivity index (χ1n) is 8.27. The van der Waals surface area contributed by atoms with Crippen LogP contribution >= 0.6 is 0 Å². The van der Waals surface area contributed by atoms with Crippen LogP contribution in [0.5, 0.6) is 5.75 Å². The zero-order chi connectivity index (χ0) is 18.1. The molecule has 25 heavy (non-hydrogen) atoms. The largest absolute Gasteiger partial charge is 0.493 e. The van der Waals surface area contributed by atoms with Gasteiger partial charge in [-0.3, -0.25) is 4.79 Å². The van der Waals surface area contributed by atoms with E-state index in [1.54, 1.807) is 0 Å². The lowest BCUT2D eigenvalue weighted by Crippen LogP contribution is -2.37. The summed E-state index contributed by atoms with van der Waals surface area (Å²) in [5.74, 6) is 0.452. The van der Waals surface area contributed by atoms with Crippen molar-refractivity contribution in [1.82, 2.24) is 4.90 Å². The first kappa shape index (κ1) is 19.1. The Morgan fingerprint density at radius 3 is 2.64 bits per heavy atom. The average Bonchev–Trinajstić information content (AvgIpc) is 2.61. The minimum absolute atomic E-state index is 0.168. The van der Waals surface area contributed by atoms with Crippen molar-refractivity contribution < 1.29 is 23.0 Å². The quantitative estimate of drug-likeness (QED) is 0.612. The Morgan fingerprint density at radius 1 is 1.12 bits per heavy atom. The van der Waals surface area contributed by atoms with Crippen LogP contribution in [0.25, 0.3) is 10.8 Å². The van der Waals surface area contributed by atoms with Crippen molar-refractivity contribution in [3.05, 3.63) is 42.5 Å². The molecule has 136 valence electrons. The molecule has 0 aliphatic rings. The van der Waals surface area contributed by atoms with Gasteiger partial charge in [-0.2, -0.15) is 0 Å². The van der Waals surface area contributed by atoms with E-state index in [9.17, 15) is 13.6 Å². The number of amides is 1. The van der Waals surface area contributed by atoms with E-state index >= 15 is 0 Å². The van der Waals surface area contributed by atoms with Crippen molar-refractivity contribution in [3.63, 3.8) is 0 Å². The molecular formula is C19H23F2NO3. The van der Waals surface area contributed by atoms with Crippen LogP contribution in [-0.2, 0) is 9.53 Å². The molecule has 0 spiro atoms. The summed E-state index contributed by atoms with van der Waals surface area (Å²) >= 11 is 0. The van der Waals surface area contributed by atoms with E-state index in [1.807, 2.05) is 42.5 Å². The first-order valence-corrected chi connectivity index (χ1v) is 8.27. The van der Waals surface area contributed by atoms with Crippen molar-refractivity contribution in [1.29, 1.82) is 0 Å². The number of rotatable bonds is 10. The number of hydrogen-bond donors (Lipinski definition) is 0. The van der Waals surface area contributed by atoms with Gasteiger partial charge in [-0.05, 0) is 17.9 Å². The van der Waals surface area contributed by atoms with E-state index < -0.39 is 13.0 Å². The molecule has 0 saturated heterocycles. The Bertz CT molecular complexity index is 673. The van der Waals surface area contributed by atoms with Crippen LogP contribution in [0, 0.1) is 0 Å². The summed E-state index contributed by atoms with van der Waals surface area (Å²) in [5.41, 5.74) is 0. The van der Waals surface area contributed by atoms with Gasteiger partial charge in [0.1, 0.15) is 5.75 Å². The highest BCUT2D eigenvalue weighted by Crippen LogP contribution is 2.25. The highest BCUT2D eigenvalue weighted by atomic mass is 19.3. The third-order valence-electron chi connectivity index (χ3n) is 3.82. The van der Waals surface area contributed by atoms with Gasteiger partial charge in [0.05, 0.1) is 19.8 Å². The molecule has 2 aromatic rings. The van der Waals surface area contributed by atoms with Gasteiger partial charge in [0, 0.05) is 25.5 Å². The monoisotopic (exact) mass is 351 g/mol. The molecule has 0 N–H and O–H groups in total. The number of alkyl halides is 2. The van der Waals surface area contributed by atoms with E-state index in [2.05, 4.69) is 0 Å². The number of methoxy groups -OCH3 is 1. The molecule has 0 heterocycles. The standard InChI is InChI=1S/C19H23F2NO3/c1-24-13-11-22(14-18(20)21)19(23)10-5-12-25-17-9-4-7-15-6-2-3-8-16(15)17/h2-4,6-9,18H,5,10-14H2,1H3. The van der Waals surface area contributed by atoms with E-state index in [0.29, 0.717) is 13.0 Å². The Balaban J connectivity index is 1.83. The predicted molar refractivity (Wildman–Crippen MR) is 93.1 cm³/mol. The second kappa shape index (κ2) is 9.93. The lowest BCUT2D eigenvalue weighted by molar-refractivity contribution is -0.134. The normalized spacial score (nSPS) is 11.0. The molecular weight excluding hydrogens is 328 g/mol. The number of halogens is 2. The molecule has 2 aromatic carbocycles. The lowest BCUT2D eigenvalue weighted by Gasteiger charge is -2.22. The second-order valence-corrected chi connectivity index (χ2v) is 5.65. The van der Waals surface area contributed by atoms with Gasteiger partial charge >= 0.3 is 0 Å². The molecule has 1 amide bonds. The third kappa shape index (κ3) is 5.98. The fraction of sp³-hybridized carbons (Fsp3) is 0.421. The predicted octanol–water partition coefficient (Wildman–Crippen LogP) is 3.74. The lowest BCUT2D eigenvalue weighted by atomic mass is 10.1. The molecule has 4 nitrogen and oxygen atoms in total. The Morgan fingerprint density at radius 2 is 1.88 bits per heavy atom. The number of hydrogen-bond acceptors (Lipinski definition) is 3. The number of carbonyl (C=O) groups excluding carboxylic acids is 1. The summed E-state index contributed by atoms with van der Waals surface area (Å²) in [6.45, 7) is 0.202. The van der Waals surface area contributed by atoms with Crippen molar-refractivity contribution in [2.75, 3.05) is 33.4 Å². The van der Waals surface area contributed by atoms with E-state index in [-0.39, 0.29) is 25.5 Å². The van der Waals surface area contributed by atoms with E-state index in [1.165, 1.54) is 7.11 Å². The fourth-order valence-electron chi connectivity index (χ4n) is 2.57. The number of fused-ring (bicyclic) bond motifs is 1. The molecule has 0 aliphatic heterocycles. The molecule has 0 fully saturated rings. The molecule has 0 unspecified atom stereocenters. The molecule has 0 radical (unpaired) electrons. The van der Waals surface area contributed by atoms with Gasteiger partial charge in [0.2, 0.25) is 5.91 Å². The fourth-order valence-corrected chi connectivity index (χ4v) is 2.57. The first-order chi connectivity index (χ1) is 12.1. The van der Waals surface area contributed by atoms with Crippen LogP contribution in [0.3, 0.4) is 0 Å². The van der Waals surface area contributed by atoms with E-state index in [4.69, 9.17) is 9.47 Å². The number of ether oxygens (including phenoxy) is 2. The molecule has 0 atom stereocenters. The molecule has 0 saturated carbocycles. The van der Waals surface area contributed by atoms with Gasteiger partial charge in [0.25, 0.3) is 6.43 Å². The summed E-state index contributed by atoms with van der Waals surface area (Å²) in [4.78, 5) is 13.2. The maximum atomic E-state index is 12.6. The zero-order valence-corrected chi connectivity index (χ0v) is 14.3. The van der Waals surface area contributed by atoms with Crippen LogP contribution in [0.15, 0.2) is 42.5 Å². The smallest absolute Gasteiger partial charge is 0.255 e.